The smallest absolute Gasteiger partial charge is 0.318 e. The first-order valence-corrected chi connectivity index (χ1v) is 7.60. The van der Waals surface area contributed by atoms with Crippen molar-refractivity contribution in [1.29, 1.82) is 0 Å². The third-order valence-corrected chi connectivity index (χ3v) is 3.80. The van der Waals surface area contributed by atoms with Gasteiger partial charge in [0.25, 0.3) is 0 Å². The normalized spacial score (nSPS) is 16.8. The molecule has 0 spiro atoms. The monoisotopic (exact) mass is 282 g/mol. The molecule has 0 saturated carbocycles. The van der Waals surface area contributed by atoms with Gasteiger partial charge in [0.2, 0.25) is 5.89 Å². The van der Waals surface area contributed by atoms with Crippen LogP contribution in [0.4, 0.5) is 6.01 Å². The molecular weight excluding hydrogens is 256 g/mol. The highest BCUT2D eigenvalue weighted by Gasteiger charge is 2.22. The lowest BCUT2D eigenvalue weighted by atomic mass is 9.93. The summed E-state index contributed by atoms with van der Waals surface area (Å²) in [5.41, 5.74) is 0. The van der Waals surface area contributed by atoms with E-state index in [1.54, 1.807) is 7.11 Å². The second-order valence-corrected chi connectivity index (χ2v) is 5.37. The summed E-state index contributed by atoms with van der Waals surface area (Å²) in [6.45, 7) is 6.39. The van der Waals surface area contributed by atoms with E-state index in [1.165, 1.54) is 25.7 Å². The first kappa shape index (κ1) is 15.3. The van der Waals surface area contributed by atoms with Crippen molar-refractivity contribution in [2.45, 2.75) is 39.2 Å². The molecule has 0 aliphatic carbocycles. The van der Waals surface area contributed by atoms with Crippen LogP contribution in [0.15, 0.2) is 4.42 Å². The van der Waals surface area contributed by atoms with Gasteiger partial charge in [-0.05, 0) is 18.8 Å². The SMILES string of the molecule is CCCC1CCN(c2nnc(CNCCOC)o2)CC1. The maximum Gasteiger partial charge on any atom is 0.318 e. The summed E-state index contributed by atoms with van der Waals surface area (Å²) in [6, 6.07) is 0.670. The van der Waals surface area contributed by atoms with Crippen molar-refractivity contribution in [3.05, 3.63) is 5.89 Å². The third-order valence-electron chi connectivity index (χ3n) is 3.80. The third kappa shape index (κ3) is 4.45. The van der Waals surface area contributed by atoms with E-state index in [9.17, 15) is 0 Å². The molecule has 0 amide bonds. The standard InChI is InChI=1S/C14H26N4O2/c1-3-4-12-5-8-18(9-6-12)14-17-16-13(20-14)11-15-7-10-19-2/h12,15H,3-11H2,1-2H3. The van der Waals surface area contributed by atoms with E-state index < -0.39 is 0 Å². The van der Waals surface area contributed by atoms with Crippen LogP contribution in [-0.2, 0) is 11.3 Å². The molecule has 1 aromatic heterocycles. The minimum absolute atomic E-state index is 0.600. The van der Waals surface area contributed by atoms with Crippen molar-refractivity contribution in [2.24, 2.45) is 5.92 Å². The van der Waals surface area contributed by atoms with E-state index in [-0.39, 0.29) is 0 Å². The average molecular weight is 282 g/mol. The van der Waals surface area contributed by atoms with Gasteiger partial charge in [-0.2, -0.15) is 0 Å². The molecule has 0 unspecified atom stereocenters. The number of nitrogens with zero attached hydrogens (tertiary/aromatic N) is 3. The van der Waals surface area contributed by atoms with Crippen molar-refractivity contribution >= 4 is 6.01 Å². The van der Waals surface area contributed by atoms with Crippen LogP contribution < -0.4 is 10.2 Å². The van der Waals surface area contributed by atoms with E-state index in [0.29, 0.717) is 25.1 Å². The quantitative estimate of drug-likeness (QED) is 0.734. The number of anilines is 1. The molecule has 0 radical (unpaired) electrons. The van der Waals surface area contributed by atoms with Gasteiger partial charge in [0.15, 0.2) is 0 Å². The molecule has 114 valence electrons. The summed E-state index contributed by atoms with van der Waals surface area (Å²) in [6.07, 6.45) is 5.09. The zero-order valence-corrected chi connectivity index (χ0v) is 12.6. The molecule has 1 saturated heterocycles. The Bertz CT molecular complexity index is 375. The Morgan fingerprint density at radius 1 is 1.35 bits per heavy atom. The van der Waals surface area contributed by atoms with Gasteiger partial charge in [-0.25, -0.2) is 0 Å². The molecule has 20 heavy (non-hydrogen) atoms. The van der Waals surface area contributed by atoms with Gasteiger partial charge in [-0.3, -0.25) is 0 Å². The van der Waals surface area contributed by atoms with Crippen LogP contribution in [0.3, 0.4) is 0 Å². The summed E-state index contributed by atoms with van der Waals surface area (Å²) in [4.78, 5) is 2.21. The summed E-state index contributed by atoms with van der Waals surface area (Å²) in [5, 5.41) is 11.4. The van der Waals surface area contributed by atoms with Crippen molar-refractivity contribution in [3.8, 4) is 0 Å². The largest absolute Gasteiger partial charge is 0.407 e. The van der Waals surface area contributed by atoms with Gasteiger partial charge in [-0.15, -0.1) is 5.10 Å². The summed E-state index contributed by atoms with van der Waals surface area (Å²) >= 11 is 0. The zero-order chi connectivity index (χ0) is 14.2. The van der Waals surface area contributed by atoms with Crippen LogP contribution >= 0.6 is 0 Å². The van der Waals surface area contributed by atoms with Gasteiger partial charge in [-0.1, -0.05) is 24.9 Å². The number of piperidine rings is 1. The number of hydrogen-bond acceptors (Lipinski definition) is 6. The van der Waals surface area contributed by atoms with E-state index in [0.717, 1.165) is 25.6 Å². The van der Waals surface area contributed by atoms with Crippen LogP contribution in [0.5, 0.6) is 0 Å². The average Bonchev–Trinajstić information content (AvgIpc) is 2.94. The topological polar surface area (TPSA) is 63.4 Å². The van der Waals surface area contributed by atoms with Crippen molar-refractivity contribution in [2.75, 3.05) is 38.3 Å². The predicted molar refractivity (Wildman–Crippen MR) is 77.7 cm³/mol. The number of nitrogens with one attached hydrogen (secondary N) is 1. The maximum absolute atomic E-state index is 5.70. The fourth-order valence-corrected chi connectivity index (χ4v) is 2.63. The first-order chi connectivity index (χ1) is 9.83. The highest BCUT2D eigenvalue weighted by atomic mass is 16.5. The van der Waals surface area contributed by atoms with Gasteiger partial charge in [0.1, 0.15) is 0 Å². The van der Waals surface area contributed by atoms with Crippen LogP contribution in [0, 0.1) is 5.92 Å². The second kappa shape index (κ2) is 8.21. The maximum atomic E-state index is 5.70. The van der Waals surface area contributed by atoms with Crippen LogP contribution in [0.1, 0.15) is 38.5 Å². The molecule has 1 aliphatic heterocycles. The Kier molecular flexibility index (Phi) is 6.26. The molecule has 2 heterocycles. The molecular formula is C14H26N4O2. The number of rotatable bonds is 8. The van der Waals surface area contributed by atoms with Gasteiger partial charge < -0.3 is 19.4 Å². The Labute approximate surface area is 120 Å². The minimum Gasteiger partial charge on any atom is -0.407 e. The lowest BCUT2D eigenvalue weighted by Gasteiger charge is -2.30. The van der Waals surface area contributed by atoms with Crippen molar-refractivity contribution < 1.29 is 9.15 Å². The van der Waals surface area contributed by atoms with Crippen LogP contribution in [-0.4, -0.2) is 43.5 Å². The fourth-order valence-electron chi connectivity index (χ4n) is 2.63. The molecule has 0 aromatic carbocycles. The van der Waals surface area contributed by atoms with E-state index in [2.05, 4.69) is 27.3 Å². The highest BCUT2D eigenvalue weighted by molar-refractivity contribution is 5.24. The van der Waals surface area contributed by atoms with Gasteiger partial charge in [0.05, 0.1) is 13.2 Å². The molecule has 6 nitrogen and oxygen atoms in total. The molecule has 2 rings (SSSR count). The fraction of sp³-hybridized carbons (Fsp3) is 0.857. The molecule has 6 heteroatoms. The van der Waals surface area contributed by atoms with Crippen molar-refractivity contribution in [3.63, 3.8) is 0 Å². The van der Waals surface area contributed by atoms with Crippen molar-refractivity contribution in [1.82, 2.24) is 15.5 Å². The molecule has 1 fully saturated rings. The van der Waals surface area contributed by atoms with E-state index in [4.69, 9.17) is 9.15 Å². The summed E-state index contributed by atoms with van der Waals surface area (Å²) < 4.78 is 10.7. The Hall–Kier alpha value is -1.14. The highest BCUT2D eigenvalue weighted by Crippen LogP contribution is 2.25. The summed E-state index contributed by atoms with van der Waals surface area (Å²) in [5.74, 6) is 1.51. The van der Waals surface area contributed by atoms with Gasteiger partial charge in [0, 0.05) is 26.7 Å². The lowest BCUT2D eigenvalue weighted by molar-refractivity contribution is 0.198. The molecule has 1 aromatic rings. The minimum atomic E-state index is 0.600. The van der Waals surface area contributed by atoms with Crippen LogP contribution in [0.25, 0.3) is 0 Å². The van der Waals surface area contributed by atoms with E-state index in [1.807, 2.05) is 0 Å². The summed E-state index contributed by atoms with van der Waals surface area (Å²) in [7, 11) is 1.69. The van der Waals surface area contributed by atoms with Crippen LogP contribution in [0.2, 0.25) is 0 Å². The zero-order valence-electron chi connectivity index (χ0n) is 12.6. The second-order valence-electron chi connectivity index (χ2n) is 5.37. The number of ether oxygens (including phenoxy) is 1. The molecule has 1 N–H and O–H groups in total. The first-order valence-electron chi connectivity index (χ1n) is 7.60. The molecule has 1 aliphatic rings. The van der Waals surface area contributed by atoms with E-state index >= 15 is 0 Å². The Morgan fingerprint density at radius 3 is 2.85 bits per heavy atom. The number of methoxy groups -OCH3 is 1. The lowest BCUT2D eigenvalue weighted by Crippen LogP contribution is -2.33. The molecule has 0 bridgehead atoms. The predicted octanol–water partition coefficient (Wildman–Crippen LogP) is 1.82. The Balaban J connectivity index is 1.75. The van der Waals surface area contributed by atoms with Gasteiger partial charge >= 0.3 is 6.01 Å². The Morgan fingerprint density at radius 2 is 2.15 bits per heavy atom. The molecule has 0 atom stereocenters. The number of aromatic nitrogens is 2. The number of hydrogen-bond donors (Lipinski definition) is 1.